The average molecular weight is 318 g/mol. The summed E-state index contributed by atoms with van der Waals surface area (Å²) in [4.78, 5) is 20.4. The summed E-state index contributed by atoms with van der Waals surface area (Å²) in [6, 6.07) is 12.3. The lowest BCUT2D eigenvalue weighted by molar-refractivity contribution is 0.102. The molecule has 1 N–H and O–H groups in total. The fourth-order valence-electron chi connectivity index (χ4n) is 2.00. The Bertz CT molecular complexity index is 811. The standard InChI is InChI=1S/C15H9Cl2N3O/c16-12-7-10(8-13(17)20-12)15(21)19-11-5-1-3-9-4-2-6-18-14(9)11/h1-8H,(H,19,21). The molecule has 0 aliphatic carbocycles. The summed E-state index contributed by atoms with van der Waals surface area (Å²) >= 11 is 11.6. The predicted octanol–water partition coefficient (Wildman–Crippen LogP) is 4.19. The average Bonchev–Trinajstić information content (AvgIpc) is 2.46. The van der Waals surface area contributed by atoms with Gasteiger partial charge in [0, 0.05) is 17.1 Å². The molecule has 2 aromatic heterocycles. The molecule has 0 unspecified atom stereocenters. The van der Waals surface area contributed by atoms with Gasteiger partial charge in [-0.2, -0.15) is 0 Å². The monoisotopic (exact) mass is 317 g/mol. The zero-order valence-corrected chi connectivity index (χ0v) is 12.2. The van der Waals surface area contributed by atoms with E-state index in [1.165, 1.54) is 12.1 Å². The maximum absolute atomic E-state index is 12.3. The summed E-state index contributed by atoms with van der Waals surface area (Å²) in [5, 5.41) is 4.09. The highest BCUT2D eigenvalue weighted by Gasteiger charge is 2.11. The molecule has 0 bridgehead atoms. The lowest BCUT2D eigenvalue weighted by Crippen LogP contribution is -2.12. The number of carbonyl (C=O) groups excluding carboxylic acids is 1. The highest BCUT2D eigenvalue weighted by atomic mass is 35.5. The Labute approximate surface area is 130 Å². The van der Waals surface area contributed by atoms with E-state index in [9.17, 15) is 4.79 Å². The van der Waals surface area contributed by atoms with Crippen LogP contribution in [0.25, 0.3) is 10.9 Å². The van der Waals surface area contributed by atoms with Crippen LogP contribution in [-0.2, 0) is 0 Å². The molecule has 0 fully saturated rings. The number of rotatable bonds is 2. The fourth-order valence-corrected chi connectivity index (χ4v) is 2.46. The largest absolute Gasteiger partial charge is 0.320 e. The van der Waals surface area contributed by atoms with Crippen molar-refractivity contribution in [2.24, 2.45) is 0 Å². The smallest absolute Gasteiger partial charge is 0.255 e. The van der Waals surface area contributed by atoms with E-state index < -0.39 is 0 Å². The van der Waals surface area contributed by atoms with Gasteiger partial charge in [-0.15, -0.1) is 0 Å². The summed E-state index contributed by atoms with van der Waals surface area (Å²) in [6.45, 7) is 0. The van der Waals surface area contributed by atoms with Crippen molar-refractivity contribution in [2.45, 2.75) is 0 Å². The number of anilines is 1. The Morgan fingerprint density at radius 3 is 2.52 bits per heavy atom. The van der Waals surface area contributed by atoms with Crippen LogP contribution in [-0.4, -0.2) is 15.9 Å². The zero-order valence-electron chi connectivity index (χ0n) is 10.7. The predicted molar refractivity (Wildman–Crippen MR) is 84.0 cm³/mol. The molecule has 0 saturated heterocycles. The third-order valence-corrected chi connectivity index (χ3v) is 3.29. The molecular formula is C15H9Cl2N3O. The van der Waals surface area contributed by atoms with Crippen LogP contribution in [0, 0.1) is 0 Å². The molecule has 3 rings (SSSR count). The van der Waals surface area contributed by atoms with Gasteiger partial charge in [0.1, 0.15) is 10.3 Å². The quantitative estimate of drug-likeness (QED) is 0.721. The number of benzene rings is 1. The van der Waals surface area contributed by atoms with Crippen LogP contribution in [0.4, 0.5) is 5.69 Å². The van der Waals surface area contributed by atoms with Crippen LogP contribution in [0.3, 0.4) is 0 Å². The van der Waals surface area contributed by atoms with E-state index in [2.05, 4.69) is 15.3 Å². The first-order valence-electron chi connectivity index (χ1n) is 6.12. The SMILES string of the molecule is O=C(Nc1cccc2cccnc12)c1cc(Cl)nc(Cl)c1. The molecule has 21 heavy (non-hydrogen) atoms. The molecule has 3 aromatic rings. The van der Waals surface area contributed by atoms with E-state index in [-0.39, 0.29) is 16.2 Å². The first kappa shape index (κ1) is 13.8. The van der Waals surface area contributed by atoms with Gasteiger partial charge in [-0.05, 0) is 24.3 Å². The van der Waals surface area contributed by atoms with E-state index in [1.54, 1.807) is 12.3 Å². The molecule has 4 nitrogen and oxygen atoms in total. The molecule has 0 aliphatic heterocycles. The highest BCUT2D eigenvalue weighted by Crippen LogP contribution is 2.22. The summed E-state index contributed by atoms with van der Waals surface area (Å²) in [6.07, 6.45) is 1.68. The molecule has 0 saturated carbocycles. The van der Waals surface area contributed by atoms with Crippen molar-refractivity contribution in [1.82, 2.24) is 9.97 Å². The summed E-state index contributed by atoms with van der Waals surface area (Å²) in [5.41, 5.74) is 1.69. The van der Waals surface area contributed by atoms with Crippen LogP contribution in [0.1, 0.15) is 10.4 Å². The Morgan fingerprint density at radius 1 is 1.05 bits per heavy atom. The Morgan fingerprint density at radius 2 is 1.76 bits per heavy atom. The summed E-state index contributed by atoms with van der Waals surface area (Å²) in [7, 11) is 0. The van der Waals surface area contributed by atoms with E-state index in [1.807, 2.05) is 24.3 Å². The van der Waals surface area contributed by atoms with Gasteiger partial charge in [0.25, 0.3) is 5.91 Å². The number of hydrogen-bond donors (Lipinski definition) is 1. The second-order valence-corrected chi connectivity index (χ2v) is 5.11. The topological polar surface area (TPSA) is 54.9 Å². The summed E-state index contributed by atoms with van der Waals surface area (Å²) < 4.78 is 0. The second-order valence-electron chi connectivity index (χ2n) is 4.34. The molecule has 0 radical (unpaired) electrons. The molecule has 2 heterocycles. The van der Waals surface area contributed by atoms with Crippen LogP contribution in [0.2, 0.25) is 10.3 Å². The van der Waals surface area contributed by atoms with Gasteiger partial charge >= 0.3 is 0 Å². The van der Waals surface area contributed by atoms with Crippen molar-refractivity contribution in [2.75, 3.05) is 5.32 Å². The van der Waals surface area contributed by atoms with Crippen molar-refractivity contribution in [3.63, 3.8) is 0 Å². The van der Waals surface area contributed by atoms with Crippen LogP contribution >= 0.6 is 23.2 Å². The molecule has 0 aliphatic rings. The third-order valence-electron chi connectivity index (χ3n) is 2.91. The number of aromatic nitrogens is 2. The number of fused-ring (bicyclic) bond motifs is 1. The van der Waals surface area contributed by atoms with Crippen LogP contribution in [0.5, 0.6) is 0 Å². The second kappa shape index (κ2) is 5.68. The highest BCUT2D eigenvalue weighted by molar-refractivity contribution is 6.33. The minimum absolute atomic E-state index is 0.170. The molecule has 1 amide bonds. The third kappa shape index (κ3) is 2.96. The van der Waals surface area contributed by atoms with Crippen LogP contribution < -0.4 is 5.32 Å². The van der Waals surface area contributed by atoms with E-state index in [4.69, 9.17) is 23.2 Å². The molecule has 1 aromatic carbocycles. The van der Waals surface area contributed by atoms with E-state index in [0.29, 0.717) is 11.3 Å². The minimum Gasteiger partial charge on any atom is -0.320 e. The van der Waals surface area contributed by atoms with Crippen LogP contribution in [0.15, 0.2) is 48.7 Å². The number of amides is 1. The molecular weight excluding hydrogens is 309 g/mol. The zero-order chi connectivity index (χ0) is 14.8. The molecule has 6 heteroatoms. The van der Waals surface area contributed by atoms with Crippen molar-refractivity contribution < 1.29 is 4.79 Å². The number of carbonyl (C=O) groups is 1. The normalized spacial score (nSPS) is 10.6. The summed E-state index contributed by atoms with van der Waals surface area (Å²) in [5.74, 6) is -0.320. The van der Waals surface area contributed by atoms with Gasteiger partial charge in [0.2, 0.25) is 0 Å². The maximum Gasteiger partial charge on any atom is 0.255 e. The first-order chi connectivity index (χ1) is 10.1. The van der Waals surface area contributed by atoms with Gasteiger partial charge in [-0.3, -0.25) is 9.78 Å². The maximum atomic E-state index is 12.3. The molecule has 0 atom stereocenters. The number of pyridine rings is 2. The Hall–Kier alpha value is -2.17. The lowest BCUT2D eigenvalue weighted by Gasteiger charge is -2.08. The number of nitrogens with one attached hydrogen (secondary N) is 1. The van der Waals surface area contributed by atoms with E-state index in [0.717, 1.165) is 10.9 Å². The minimum atomic E-state index is -0.320. The van der Waals surface area contributed by atoms with Gasteiger partial charge in [-0.1, -0.05) is 41.4 Å². The van der Waals surface area contributed by atoms with Gasteiger partial charge in [0.05, 0.1) is 11.2 Å². The van der Waals surface area contributed by atoms with Gasteiger partial charge < -0.3 is 5.32 Å². The van der Waals surface area contributed by atoms with Gasteiger partial charge in [0.15, 0.2) is 0 Å². The Kier molecular flexibility index (Phi) is 3.73. The molecule has 0 spiro atoms. The van der Waals surface area contributed by atoms with E-state index >= 15 is 0 Å². The van der Waals surface area contributed by atoms with Crippen molar-refractivity contribution in [3.05, 3.63) is 64.5 Å². The molecule has 104 valence electrons. The van der Waals surface area contributed by atoms with Gasteiger partial charge in [-0.25, -0.2) is 4.98 Å². The number of para-hydroxylation sites is 1. The van der Waals surface area contributed by atoms with Crippen molar-refractivity contribution in [3.8, 4) is 0 Å². The first-order valence-corrected chi connectivity index (χ1v) is 6.87. The fraction of sp³-hybridized carbons (Fsp3) is 0. The lowest BCUT2D eigenvalue weighted by atomic mass is 10.2. The Balaban J connectivity index is 1.96. The number of nitrogens with zero attached hydrogens (tertiary/aromatic N) is 2. The number of halogens is 2. The number of hydrogen-bond acceptors (Lipinski definition) is 3. The van der Waals surface area contributed by atoms with Crippen molar-refractivity contribution >= 4 is 45.7 Å². The van der Waals surface area contributed by atoms with Crippen molar-refractivity contribution in [1.29, 1.82) is 0 Å².